The maximum atomic E-state index is 15.2. The lowest BCUT2D eigenvalue weighted by Crippen LogP contribution is -2.57. The zero-order chi connectivity index (χ0) is 56.9. The smallest absolute Gasteiger partial charge is 0.407 e. The Morgan fingerprint density at radius 1 is 0.844 bits per heavy atom. The number of hydrogen-bond acceptors (Lipinski definition) is 12. The Balaban J connectivity index is 1.32. The second-order valence-electron chi connectivity index (χ2n) is 21.3. The normalized spacial score (nSPS) is 14.9. The van der Waals surface area contributed by atoms with Crippen molar-refractivity contribution in [1.29, 1.82) is 0 Å². The number of aliphatic hydroxyl groups is 1. The lowest BCUT2D eigenvalue weighted by Gasteiger charge is -2.41. The fraction of sp³-hybridized carbons (Fsp3) is 0.582. The van der Waals surface area contributed by atoms with Crippen LogP contribution in [0.4, 0.5) is 13.6 Å². The molecular formula is C55H80F2N8O12. The van der Waals surface area contributed by atoms with Crippen LogP contribution in [0, 0.1) is 23.0 Å². The van der Waals surface area contributed by atoms with Crippen LogP contribution < -0.4 is 27.0 Å². The highest BCUT2D eigenvalue weighted by Crippen LogP contribution is 2.41. The fourth-order valence-electron chi connectivity index (χ4n) is 8.87. The highest BCUT2D eigenvalue weighted by atomic mass is 19.1. The maximum absolute atomic E-state index is 15.2. The van der Waals surface area contributed by atoms with Gasteiger partial charge < -0.3 is 65.4 Å². The first-order chi connectivity index (χ1) is 36.4. The number of hydrogen-bond donors (Lipinski definition) is 6. The maximum Gasteiger partial charge on any atom is 0.407 e. The Hall–Kier alpha value is -6.49. The largest absolute Gasteiger partial charge is 0.444 e. The number of nitrogens with zero attached hydrogens (tertiary/aromatic N) is 3. The van der Waals surface area contributed by atoms with Crippen LogP contribution in [0.25, 0.3) is 11.1 Å². The summed E-state index contributed by atoms with van der Waals surface area (Å²) in [4.78, 5) is 94.8. The number of carbonyl (C=O) groups excluding carboxylic acids is 7. The fourth-order valence-corrected chi connectivity index (χ4v) is 8.87. The minimum atomic E-state index is -1.36. The van der Waals surface area contributed by atoms with Crippen LogP contribution in [-0.4, -0.2) is 157 Å². The monoisotopic (exact) mass is 1080 g/mol. The molecular weight excluding hydrogens is 1000 g/mol. The number of amides is 7. The molecule has 0 saturated carbocycles. The third-order valence-electron chi connectivity index (χ3n) is 12.4. The number of alkyl carbamates (subject to hydrolysis) is 1. The summed E-state index contributed by atoms with van der Waals surface area (Å²) >= 11 is 0. The first kappa shape index (κ1) is 63.0. The van der Waals surface area contributed by atoms with E-state index < -0.39 is 107 Å². The molecule has 4 rings (SSSR count). The van der Waals surface area contributed by atoms with Crippen molar-refractivity contribution in [2.75, 3.05) is 72.4 Å². The van der Waals surface area contributed by atoms with E-state index in [4.69, 9.17) is 24.7 Å². The Labute approximate surface area is 450 Å². The number of rotatable bonds is 30. The predicted octanol–water partition coefficient (Wildman–Crippen LogP) is 4.35. The van der Waals surface area contributed by atoms with Gasteiger partial charge in [-0.3, -0.25) is 28.8 Å². The molecule has 2 aromatic carbocycles. The van der Waals surface area contributed by atoms with Crippen LogP contribution in [0.5, 0.6) is 0 Å². The lowest BCUT2D eigenvalue weighted by molar-refractivity contribution is -0.143. The van der Waals surface area contributed by atoms with Crippen LogP contribution in [0.15, 0.2) is 60.8 Å². The van der Waals surface area contributed by atoms with Crippen molar-refractivity contribution in [3.8, 4) is 11.1 Å². The molecule has 0 aliphatic carbocycles. The molecule has 0 unspecified atom stereocenters. The zero-order valence-corrected chi connectivity index (χ0v) is 45.8. The summed E-state index contributed by atoms with van der Waals surface area (Å²) in [6, 6.07) is 10.4. The van der Waals surface area contributed by atoms with Crippen molar-refractivity contribution >= 4 is 41.5 Å². The number of carbonyl (C=O) groups is 7. The number of ether oxygens (including phenoxy) is 4. The van der Waals surface area contributed by atoms with Gasteiger partial charge in [-0.2, -0.15) is 0 Å². The number of aliphatic hydroxyl groups excluding tert-OH is 1. The quantitative estimate of drug-likeness (QED) is 0.0510. The number of nitrogens with one attached hydrogen (secondary N) is 4. The summed E-state index contributed by atoms with van der Waals surface area (Å²) in [5, 5.41) is 21.1. The van der Waals surface area contributed by atoms with Gasteiger partial charge in [-0.25, -0.2) is 13.6 Å². The van der Waals surface area contributed by atoms with Crippen molar-refractivity contribution in [1.82, 2.24) is 35.6 Å². The molecule has 1 fully saturated rings. The molecule has 77 heavy (non-hydrogen) atoms. The first-order valence-electron chi connectivity index (χ1n) is 26.2. The second-order valence-corrected chi connectivity index (χ2v) is 21.3. The van der Waals surface area contributed by atoms with Crippen molar-refractivity contribution in [2.45, 2.75) is 124 Å². The third-order valence-corrected chi connectivity index (χ3v) is 12.4. The molecule has 1 aromatic heterocycles. The van der Waals surface area contributed by atoms with Crippen molar-refractivity contribution in [2.24, 2.45) is 17.1 Å². The average molecular weight is 1080 g/mol. The van der Waals surface area contributed by atoms with Gasteiger partial charge >= 0.3 is 6.09 Å². The molecule has 0 bridgehead atoms. The number of primary amides is 1. The van der Waals surface area contributed by atoms with E-state index in [1.54, 1.807) is 46.9 Å². The van der Waals surface area contributed by atoms with Gasteiger partial charge in [-0.05, 0) is 81.2 Å². The summed E-state index contributed by atoms with van der Waals surface area (Å²) < 4.78 is 53.1. The van der Waals surface area contributed by atoms with E-state index in [-0.39, 0.29) is 90.6 Å². The van der Waals surface area contributed by atoms with Crippen molar-refractivity contribution < 1.29 is 66.4 Å². The lowest BCUT2D eigenvalue weighted by atomic mass is 9.83. The Bertz CT molecular complexity index is 2430. The summed E-state index contributed by atoms with van der Waals surface area (Å²) in [7, 11) is 0. The SMILES string of the molecule is CC(C)[C@H](NC(=O)[C@@H]1CCCN1C(=O)[C@H](CC(N)=O)NC(=O)CCOCCOCCOCCNC(=O)OC(C)(C)C)C(=O)NCCCN(C(=O)CO)[C@@H](c1cc(-c2cc(F)ccc2F)cn1Cc1ccccc1)C(C)(C)C. The molecule has 1 saturated heterocycles. The molecule has 7 N–H and O–H groups in total. The van der Waals surface area contributed by atoms with E-state index in [9.17, 15) is 43.1 Å². The Morgan fingerprint density at radius 3 is 2.13 bits per heavy atom. The number of nitrogens with two attached hydrogens (primary N) is 1. The molecule has 1 aliphatic heterocycles. The van der Waals surface area contributed by atoms with Gasteiger partial charge in [0.15, 0.2) is 0 Å². The van der Waals surface area contributed by atoms with Crippen LogP contribution in [0.1, 0.15) is 105 Å². The summed E-state index contributed by atoms with van der Waals surface area (Å²) in [6.45, 7) is 15.8. The third kappa shape index (κ3) is 20.8. The van der Waals surface area contributed by atoms with E-state index >= 15 is 4.39 Å². The zero-order valence-electron chi connectivity index (χ0n) is 45.8. The van der Waals surface area contributed by atoms with Crippen LogP contribution >= 0.6 is 0 Å². The standard InChI is InChI=1S/C55H80F2N8O12/c1-36(2)48(62-50(70)43-16-12-22-64(43)52(72)42(32-45(58)67)61-46(68)19-24-74-26-28-76-29-27-75-25-21-60-53(73)77-55(6,7)8)51(71)59-20-13-23-65(47(69)35-66)49(54(3,4)5)44-30-38(40-31-39(56)17-18-41(40)57)34-63(44)33-37-14-10-9-11-15-37/h9-11,14-15,17-18,30-31,34,36,42-43,48-49,66H,12-13,16,19-29,32-33,35H2,1-8H3,(H2,58,67)(H,59,71)(H,60,73)(H,61,68)(H,62,70)/t42-,43-,48-,49-/m0/s1. The predicted molar refractivity (Wildman–Crippen MR) is 283 cm³/mol. The van der Waals surface area contributed by atoms with Gasteiger partial charge in [0.1, 0.15) is 42.0 Å². The van der Waals surface area contributed by atoms with Crippen LogP contribution in [0.2, 0.25) is 0 Å². The number of likely N-dealkylation sites (tertiary alicyclic amines) is 1. The number of halogens is 2. The van der Waals surface area contributed by atoms with Crippen molar-refractivity contribution in [3.63, 3.8) is 0 Å². The average Bonchev–Trinajstić information content (AvgIpc) is 4.02. The van der Waals surface area contributed by atoms with Crippen LogP contribution in [0.3, 0.4) is 0 Å². The molecule has 22 heteroatoms. The molecule has 3 aromatic rings. The minimum absolute atomic E-state index is 0.0172. The molecule has 20 nitrogen and oxygen atoms in total. The highest BCUT2D eigenvalue weighted by Gasteiger charge is 2.40. The molecule has 4 atom stereocenters. The minimum Gasteiger partial charge on any atom is -0.444 e. The molecule has 426 valence electrons. The number of benzene rings is 2. The highest BCUT2D eigenvalue weighted by molar-refractivity contribution is 5.96. The second kappa shape index (κ2) is 30.5. The molecule has 1 aliphatic rings. The first-order valence-corrected chi connectivity index (χ1v) is 26.2. The topological polar surface area (TPSA) is 262 Å². The van der Waals surface area contributed by atoms with E-state index in [0.717, 1.165) is 23.8 Å². The van der Waals surface area contributed by atoms with E-state index in [1.807, 2.05) is 55.7 Å². The summed E-state index contributed by atoms with van der Waals surface area (Å²) in [5.41, 5.74) is 6.20. The van der Waals surface area contributed by atoms with Gasteiger partial charge in [0, 0.05) is 62.2 Å². The van der Waals surface area contributed by atoms with Gasteiger partial charge in [-0.15, -0.1) is 0 Å². The molecule has 7 amide bonds. The van der Waals surface area contributed by atoms with Gasteiger partial charge in [0.05, 0.1) is 52.1 Å². The number of aromatic nitrogens is 1. The van der Waals surface area contributed by atoms with Gasteiger partial charge in [0.25, 0.3) is 0 Å². The van der Waals surface area contributed by atoms with Gasteiger partial charge in [0.2, 0.25) is 35.4 Å². The Kier molecular flexibility index (Phi) is 24.9. The molecule has 0 radical (unpaired) electrons. The molecule has 0 spiro atoms. The summed E-state index contributed by atoms with van der Waals surface area (Å²) in [5.74, 6) is -5.46. The molecule has 2 heterocycles. The van der Waals surface area contributed by atoms with E-state index in [1.165, 1.54) is 9.80 Å². The van der Waals surface area contributed by atoms with Crippen LogP contribution in [-0.2, 0) is 54.3 Å². The van der Waals surface area contributed by atoms with E-state index in [0.29, 0.717) is 24.2 Å². The van der Waals surface area contributed by atoms with E-state index in [2.05, 4.69) is 21.3 Å². The van der Waals surface area contributed by atoms with Crippen molar-refractivity contribution in [3.05, 3.63) is 83.7 Å². The Morgan fingerprint density at radius 2 is 1.51 bits per heavy atom. The van der Waals surface area contributed by atoms with Gasteiger partial charge in [-0.1, -0.05) is 65.0 Å². The summed E-state index contributed by atoms with van der Waals surface area (Å²) in [6.07, 6.45) is 1.43.